The summed E-state index contributed by atoms with van der Waals surface area (Å²) in [7, 11) is 8.50. The van der Waals surface area contributed by atoms with E-state index in [0.29, 0.717) is 18.4 Å². The fourth-order valence-corrected chi connectivity index (χ4v) is 5.86. The summed E-state index contributed by atoms with van der Waals surface area (Å²) in [6.07, 6.45) is 11.4. The van der Waals surface area contributed by atoms with E-state index in [1.54, 1.807) is 4.90 Å². The van der Waals surface area contributed by atoms with Gasteiger partial charge in [-0.1, -0.05) is 19.3 Å². The Bertz CT molecular complexity index is 873. The van der Waals surface area contributed by atoms with Crippen LogP contribution in [0.4, 0.5) is 9.59 Å². The average molecular weight is 652 g/mol. The first-order valence-corrected chi connectivity index (χ1v) is 17.7. The number of piperidine rings is 2. The van der Waals surface area contributed by atoms with Crippen LogP contribution in [0.3, 0.4) is 0 Å². The summed E-state index contributed by atoms with van der Waals surface area (Å²) in [6.45, 7) is 21.2. The van der Waals surface area contributed by atoms with E-state index in [0.717, 1.165) is 57.9 Å². The predicted octanol–water partition coefficient (Wildman–Crippen LogP) is 6.95. The normalized spacial score (nSPS) is 20.5. The van der Waals surface area contributed by atoms with Gasteiger partial charge < -0.3 is 34.8 Å². The molecule has 3 rings (SSSR count). The SMILES string of the molecule is CC#CC.CC(C)(C)OC(=O)N1CCCC(CN)C1.CN(C)CC1CCCCC1.CN(C)CC1CCCN(C(=O)OC(C)(C)C)C1. The molecule has 1 saturated carbocycles. The minimum Gasteiger partial charge on any atom is -0.444 e. The molecule has 3 fully saturated rings. The van der Waals surface area contributed by atoms with Crippen LogP contribution in [-0.4, -0.2) is 117 Å². The van der Waals surface area contributed by atoms with Crippen molar-refractivity contribution in [3.8, 4) is 11.8 Å². The minimum atomic E-state index is -0.410. The first kappa shape index (κ1) is 44.0. The number of ether oxygens (including phenoxy) is 2. The lowest BCUT2D eigenvalue weighted by molar-refractivity contribution is 0.0149. The van der Waals surface area contributed by atoms with Gasteiger partial charge in [0.1, 0.15) is 11.2 Å². The molecule has 2 amide bonds. The molecular weight excluding hydrogens is 578 g/mol. The van der Waals surface area contributed by atoms with Crippen LogP contribution in [0, 0.1) is 29.6 Å². The molecule has 2 saturated heterocycles. The van der Waals surface area contributed by atoms with Crippen molar-refractivity contribution in [2.75, 3.05) is 74.0 Å². The summed E-state index contributed by atoms with van der Waals surface area (Å²) in [6, 6.07) is 0. The van der Waals surface area contributed by atoms with Crippen LogP contribution in [0.5, 0.6) is 0 Å². The van der Waals surface area contributed by atoms with E-state index >= 15 is 0 Å². The van der Waals surface area contributed by atoms with E-state index in [4.69, 9.17) is 15.2 Å². The van der Waals surface area contributed by atoms with Crippen LogP contribution in [0.2, 0.25) is 0 Å². The summed E-state index contributed by atoms with van der Waals surface area (Å²) in [5, 5.41) is 0. The fourth-order valence-electron chi connectivity index (χ4n) is 5.86. The zero-order valence-electron chi connectivity index (χ0n) is 32.0. The number of carbonyl (C=O) groups excluding carboxylic acids is 2. The van der Waals surface area contributed by atoms with Crippen LogP contribution in [-0.2, 0) is 9.47 Å². The zero-order chi connectivity index (χ0) is 35.3. The van der Waals surface area contributed by atoms with Gasteiger partial charge in [-0.05, 0) is 146 Å². The second-order valence-corrected chi connectivity index (χ2v) is 15.6. The predicted molar refractivity (Wildman–Crippen MR) is 193 cm³/mol. The van der Waals surface area contributed by atoms with Gasteiger partial charge >= 0.3 is 12.2 Å². The Labute approximate surface area is 284 Å². The summed E-state index contributed by atoms with van der Waals surface area (Å²) in [4.78, 5) is 31.8. The van der Waals surface area contributed by atoms with Gasteiger partial charge in [-0.25, -0.2) is 9.59 Å². The summed E-state index contributed by atoms with van der Waals surface area (Å²) < 4.78 is 10.7. The van der Waals surface area contributed by atoms with Crippen molar-refractivity contribution in [1.82, 2.24) is 19.6 Å². The van der Waals surface area contributed by atoms with Crippen molar-refractivity contribution in [3.63, 3.8) is 0 Å². The lowest BCUT2D eigenvalue weighted by atomic mass is 9.89. The molecule has 0 radical (unpaired) electrons. The number of nitrogens with two attached hydrogens (primary N) is 1. The van der Waals surface area contributed by atoms with Crippen molar-refractivity contribution in [2.24, 2.45) is 23.5 Å². The minimum absolute atomic E-state index is 0.166. The number of hydrogen-bond donors (Lipinski definition) is 1. The molecule has 0 spiro atoms. The fraction of sp³-hybridized carbons (Fsp3) is 0.892. The van der Waals surface area contributed by atoms with Crippen LogP contribution in [0.25, 0.3) is 0 Å². The van der Waals surface area contributed by atoms with Crippen molar-refractivity contribution < 1.29 is 19.1 Å². The second-order valence-electron chi connectivity index (χ2n) is 15.6. The number of hydrogen-bond acceptors (Lipinski definition) is 7. The zero-order valence-corrected chi connectivity index (χ0v) is 32.0. The third kappa shape index (κ3) is 23.3. The molecule has 46 heavy (non-hydrogen) atoms. The molecule has 0 bridgehead atoms. The van der Waals surface area contributed by atoms with E-state index in [1.165, 1.54) is 45.1 Å². The van der Waals surface area contributed by atoms with E-state index in [9.17, 15) is 9.59 Å². The molecule has 0 aromatic carbocycles. The van der Waals surface area contributed by atoms with Gasteiger partial charge in [-0.2, -0.15) is 0 Å². The lowest BCUT2D eigenvalue weighted by Gasteiger charge is -2.35. The Hall–Kier alpha value is -2.02. The van der Waals surface area contributed by atoms with Crippen LogP contribution >= 0.6 is 0 Å². The van der Waals surface area contributed by atoms with Crippen LogP contribution in [0.1, 0.15) is 113 Å². The van der Waals surface area contributed by atoms with Gasteiger partial charge in [-0.15, -0.1) is 11.8 Å². The molecule has 2 N–H and O–H groups in total. The summed E-state index contributed by atoms with van der Waals surface area (Å²) in [5.74, 6) is 7.38. The molecular formula is C37H73N5O4. The molecule has 270 valence electrons. The Morgan fingerprint density at radius 3 is 1.39 bits per heavy atom. The van der Waals surface area contributed by atoms with Gasteiger partial charge in [0.15, 0.2) is 0 Å². The van der Waals surface area contributed by atoms with Crippen LogP contribution in [0.15, 0.2) is 0 Å². The maximum atomic E-state index is 11.9. The Morgan fingerprint density at radius 2 is 1.02 bits per heavy atom. The van der Waals surface area contributed by atoms with Crippen LogP contribution < -0.4 is 5.73 Å². The Morgan fingerprint density at radius 1 is 0.652 bits per heavy atom. The largest absolute Gasteiger partial charge is 0.444 e. The molecule has 9 nitrogen and oxygen atoms in total. The second kappa shape index (κ2) is 23.3. The van der Waals surface area contributed by atoms with Gasteiger partial charge in [0, 0.05) is 39.3 Å². The maximum absolute atomic E-state index is 11.9. The third-order valence-electron chi connectivity index (χ3n) is 7.90. The van der Waals surface area contributed by atoms with E-state index in [2.05, 4.69) is 49.8 Å². The molecule has 2 aliphatic heterocycles. The maximum Gasteiger partial charge on any atom is 0.410 e. The number of nitrogens with zero attached hydrogens (tertiary/aromatic N) is 4. The van der Waals surface area contributed by atoms with Gasteiger partial charge in [0.2, 0.25) is 0 Å². The van der Waals surface area contributed by atoms with Crippen molar-refractivity contribution in [1.29, 1.82) is 0 Å². The highest BCUT2D eigenvalue weighted by Gasteiger charge is 2.28. The van der Waals surface area contributed by atoms with Gasteiger partial charge in [0.05, 0.1) is 0 Å². The Kier molecular flexibility index (Phi) is 22.3. The molecule has 0 aromatic rings. The lowest BCUT2D eigenvalue weighted by Crippen LogP contribution is -2.44. The first-order valence-electron chi connectivity index (χ1n) is 17.7. The molecule has 0 aromatic heterocycles. The third-order valence-corrected chi connectivity index (χ3v) is 7.90. The highest BCUT2D eigenvalue weighted by atomic mass is 16.6. The number of carbonyl (C=O) groups is 2. The quantitative estimate of drug-likeness (QED) is 0.322. The standard InChI is InChI=1S/C13H26N2O2.C11H22N2O2.C9H19N.C4H6/c1-13(2,3)17-12(16)15-8-6-7-11(10-15)9-14(4)5;1-11(2,3)15-10(14)13-6-4-5-9(7-12)8-13;1-10(2)8-9-6-4-3-5-7-9;1-3-4-2/h11H,6-10H2,1-5H3;9H,4-8,12H2,1-3H3;9H,3-8H2,1-2H3;1-2H3. The van der Waals surface area contributed by atoms with E-state index in [1.807, 2.05) is 60.3 Å². The highest BCUT2D eigenvalue weighted by molar-refractivity contribution is 5.68. The monoisotopic (exact) mass is 652 g/mol. The number of rotatable bonds is 5. The summed E-state index contributed by atoms with van der Waals surface area (Å²) in [5.41, 5.74) is 4.81. The topological polar surface area (TPSA) is 91.6 Å². The Balaban J connectivity index is 0.000000639. The first-order chi connectivity index (χ1) is 21.4. The molecule has 2 unspecified atom stereocenters. The van der Waals surface area contributed by atoms with Crippen molar-refractivity contribution >= 4 is 12.2 Å². The molecule has 2 atom stereocenters. The molecule has 9 heteroatoms. The van der Waals surface area contributed by atoms with E-state index in [-0.39, 0.29) is 12.2 Å². The van der Waals surface area contributed by atoms with Gasteiger partial charge in [-0.3, -0.25) is 0 Å². The van der Waals surface area contributed by atoms with E-state index < -0.39 is 11.2 Å². The molecule has 3 aliphatic rings. The number of likely N-dealkylation sites (tertiary alicyclic amines) is 2. The number of amides is 2. The van der Waals surface area contributed by atoms with Gasteiger partial charge in [0.25, 0.3) is 0 Å². The van der Waals surface area contributed by atoms with Crippen molar-refractivity contribution in [3.05, 3.63) is 0 Å². The average Bonchev–Trinajstić information content (AvgIpc) is 2.96. The van der Waals surface area contributed by atoms with Crippen molar-refractivity contribution in [2.45, 2.75) is 124 Å². The highest BCUT2D eigenvalue weighted by Crippen LogP contribution is 2.24. The summed E-state index contributed by atoms with van der Waals surface area (Å²) >= 11 is 0. The molecule has 1 aliphatic carbocycles. The smallest absolute Gasteiger partial charge is 0.410 e. The molecule has 2 heterocycles.